The Morgan fingerprint density at radius 2 is 2.00 bits per heavy atom. The minimum Gasteiger partial charge on any atom is -0.330 e. The van der Waals surface area contributed by atoms with Crippen LogP contribution < -0.4 is 11.1 Å². The number of piperidine rings is 1. The van der Waals surface area contributed by atoms with Gasteiger partial charge in [-0.05, 0) is 44.2 Å². The molecule has 1 saturated carbocycles. The average molecular weight is 252 g/mol. The first-order valence-corrected chi connectivity index (χ1v) is 7.63. The second-order valence-electron chi connectivity index (χ2n) is 6.46. The Morgan fingerprint density at radius 3 is 2.72 bits per heavy atom. The van der Waals surface area contributed by atoms with E-state index in [1.54, 1.807) is 0 Å². The fourth-order valence-corrected chi connectivity index (χ4v) is 4.52. The minimum atomic E-state index is 0.746. The molecule has 4 atom stereocenters. The number of hydrogen-bond donors (Lipinski definition) is 2. The second-order valence-corrected chi connectivity index (χ2v) is 6.46. The largest absolute Gasteiger partial charge is 0.330 e. The summed E-state index contributed by atoms with van der Waals surface area (Å²) in [5.41, 5.74) is 6.02. The molecule has 2 heterocycles. The van der Waals surface area contributed by atoms with Crippen LogP contribution in [0.25, 0.3) is 0 Å². The summed E-state index contributed by atoms with van der Waals surface area (Å²) in [6.07, 6.45) is 2.82. The molecule has 3 rings (SSSR count). The number of nitrogens with zero attached hydrogens (tertiary/aromatic N) is 2. The standard InChI is InChI=1S/C14H28N4/c1-17-9-11-2-3-12(13(11)8-15)14(17)10-18-6-4-16-5-7-18/h11-14,16H,2-10,15H2,1H3/t11-,12-,13?,14?/m0/s1. The SMILES string of the molecule is CN1C[C@@H]2CC[C@@H](C2CN)C1CN1CCNCC1. The van der Waals surface area contributed by atoms with Gasteiger partial charge in [-0.1, -0.05) is 0 Å². The quantitative estimate of drug-likeness (QED) is 0.731. The third kappa shape index (κ3) is 2.31. The number of nitrogens with one attached hydrogen (secondary N) is 1. The molecular formula is C14H28N4. The zero-order valence-electron chi connectivity index (χ0n) is 11.6. The van der Waals surface area contributed by atoms with Gasteiger partial charge in [0.25, 0.3) is 0 Å². The Bertz CT molecular complexity index is 277. The first kappa shape index (κ1) is 12.9. The Labute approximate surface area is 111 Å². The van der Waals surface area contributed by atoms with E-state index in [-0.39, 0.29) is 0 Å². The molecule has 3 N–H and O–H groups in total. The number of likely N-dealkylation sites (N-methyl/N-ethyl adjacent to an activating group) is 1. The van der Waals surface area contributed by atoms with Crippen molar-refractivity contribution >= 4 is 0 Å². The lowest BCUT2D eigenvalue weighted by atomic mass is 9.80. The van der Waals surface area contributed by atoms with Crippen LogP contribution in [0.1, 0.15) is 12.8 Å². The summed E-state index contributed by atoms with van der Waals surface area (Å²) in [6, 6.07) is 0.746. The third-order valence-corrected chi connectivity index (χ3v) is 5.54. The van der Waals surface area contributed by atoms with Crippen LogP contribution >= 0.6 is 0 Å². The first-order valence-electron chi connectivity index (χ1n) is 7.63. The van der Waals surface area contributed by atoms with Crippen molar-refractivity contribution in [3.63, 3.8) is 0 Å². The number of hydrogen-bond acceptors (Lipinski definition) is 4. The van der Waals surface area contributed by atoms with Gasteiger partial charge in [0.2, 0.25) is 0 Å². The van der Waals surface area contributed by atoms with E-state index in [1.165, 1.54) is 39.0 Å². The zero-order valence-corrected chi connectivity index (χ0v) is 11.6. The fraction of sp³-hybridized carbons (Fsp3) is 1.00. The molecule has 2 saturated heterocycles. The average Bonchev–Trinajstić information content (AvgIpc) is 2.72. The van der Waals surface area contributed by atoms with E-state index in [4.69, 9.17) is 5.73 Å². The molecule has 2 bridgehead atoms. The zero-order chi connectivity index (χ0) is 12.5. The highest BCUT2D eigenvalue weighted by atomic mass is 15.2. The van der Waals surface area contributed by atoms with E-state index in [0.717, 1.165) is 43.4 Å². The van der Waals surface area contributed by atoms with Crippen molar-refractivity contribution in [1.82, 2.24) is 15.1 Å². The van der Waals surface area contributed by atoms with E-state index >= 15 is 0 Å². The van der Waals surface area contributed by atoms with Gasteiger partial charge in [-0.2, -0.15) is 0 Å². The highest BCUT2D eigenvalue weighted by Crippen LogP contribution is 2.44. The van der Waals surface area contributed by atoms with Gasteiger partial charge in [0.15, 0.2) is 0 Å². The van der Waals surface area contributed by atoms with Crippen LogP contribution in [-0.4, -0.2) is 68.7 Å². The number of fused-ring (bicyclic) bond motifs is 2. The molecule has 0 spiro atoms. The smallest absolute Gasteiger partial charge is 0.0251 e. The summed E-state index contributed by atoms with van der Waals surface area (Å²) in [7, 11) is 2.32. The Morgan fingerprint density at radius 1 is 1.22 bits per heavy atom. The maximum atomic E-state index is 6.02. The number of nitrogens with two attached hydrogens (primary N) is 1. The van der Waals surface area contributed by atoms with Crippen molar-refractivity contribution in [2.24, 2.45) is 23.5 Å². The highest BCUT2D eigenvalue weighted by molar-refractivity contribution is 4.99. The summed E-state index contributed by atoms with van der Waals surface area (Å²) in [6.45, 7) is 8.18. The topological polar surface area (TPSA) is 44.5 Å². The molecule has 0 radical (unpaired) electrons. The van der Waals surface area contributed by atoms with E-state index in [2.05, 4.69) is 22.2 Å². The molecule has 4 heteroatoms. The molecule has 4 nitrogen and oxygen atoms in total. The lowest BCUT2D eigenvalue weighted by Gasteiger charge is -2.45. The molecule has 2 aliphatic heterocycles. The van der Waals surface area contributed by atoms with Gasteiger partial charge in [-0.15, -0.1) is 0 Å². The number of likely N-dealkylation sites (tertiary alicyclic amines) is 1. The number of piperazine rings is 1. The molecular weight excluding hydrogens is 224 g/mol. The lowest BCUT2D eigenvalue weighted by molar-refractivity contribution is 0.0405. The van der Waals surface area contributed by atoms with Gasteiger partial charge >= 0.3 is 0 Å². The molecule has 0 aromatic rings. The van der Waals surface area contributed by atoms with E-state index in [1.807, 2.05) is 0 Å². The molecule has 0 amide bonds. The molecule has 0 aromatic carbocycles. The number of rotatable bonds is 3. The van der Waals surface area contributed by atoms with Gasteiger partial charge in [0.05, 0.1) is 0 Å². The summed E-state index contributed by atoms with van der Waals surface area (Å²) in [5.74, 6) is 2.53. The summed E-state index contributed by atoms with van der Waals surface area (Å²) >= 11 is 0. The first-order chi connectivity index (χ1) is 8.79. The van der Waals surface area contributed by atoms with Crippen molar-refractivity contribution in [1.29, 1.82) is 0 Å². The fourth-order valence-electron chi connectivity index (χ4n) is 4.52. The van der Waals surface area contributed by atoms with Crippen molar-refractivity contribution < 1.29 is 0 Å². The van der Waals surface area contributed by atoms with Crippen LogP contribution in [0.15, 0.2) is 0 Å². The van der Waals surface area contributed by atoms with Gasteiger partial charge < -0.3 is 16.0 Å². The Balaban J connectivity index is 1.65. The van der Waals surface area contributed by atoms with Crippen LogP contribution in [0.3, 0.4) is 0 Å². The van der Waals surface area contributed by atoms with Gasteiger partial charge in [0.1, 0.15) is 0 Å². The van der Waals surface area contributed by atoms with E-state index < -0.39 is 0 Å². The van der Waals surface area contributed by atoms with Crippen molar-refractivity contribution in [3.05, 3.63) is 0 Å². The van der Waals surface area contributed by atoms with E-state index in [0.29, 0.717) is 0 Å². The van der Waals surface area contributed by atoms with Crippen molar-refractivity contribution in [2.45, 2.75) is 18.9 Å². The minimum absolute atomic E-state index is 0.746. The van der Waals surface area contributed by atoms with Crippen LogP contribution in [0, 0.1) is 17.8 Å². The second kappa shape index (κ2) is 5.45. The maximum absolute atomic E-state index is 6.02. The van der Waals surface area contributed by atoms with Crippen LogP contribution in [0.5, 0.6) is 0 Å². The predicted octanol–water partition coefficient (Wildman–Crippen LogP) is -0.193. The monoisotopic (exact) mass is 252 g/mol. The molecule has 18 heavy (non-hydrogen) atoms. The summed E-state index contributed by atoms with van der Waals surface area (Å²) < 4.78 is 0. The maximum Gasteiger partial charge on any atom is 0.0251 e. The van der Waals surface area contributed by atoms with Crippen LogP contribution in [0.4, 0.5) is 0 Å². The molecule has 0 aromatic heterocycles. The van der Waals surface area contributed by atoms with Gasteiger partial charge in [-0.3, -0.25) is 4.90 Å². The highest BCUT2D eigenvalue weighted by Gasteiger charge is 2.46. The lowest BCUT2D eigenvalue weighted by Crippen LogP contribution is -2.56. The van der Waals surface area contributed by atoms with Crippen LogP contribution in [0.2, 0.25) is 0 Å². The van der Waals surface area contributed by atoms with Crippen LogP contribution in [-0.2, 0) is 0 Å². The third-order valence-electron chi connectivity index (χ3n) is 5.54. The molecule has 3 aliphatic rings. The summed E-state index contributed by atoms with van der Waals surface area (Å²) in [4.78, 5) is 5.26. The normalized spacial score (nSPS) is 42.3. The Hall–Kier alpha value is -0.160. The predicted molar refractivity (Wildman–Crippen MR) is 74.5 cm³/mol. The summed E-state index contributed by atoms with van der Waals surface area (Å²) in [5, 5.41) is 3.44. The van der Waals surface area contributed by atoms with Gasteiger partial charge in [-0.25, -0.2) is 0 Å². The molecule has 2 unspecified atom stereocenters. The molecule has 104 valence electrons. The van der Waals surface area contributed by atoms with Gasteiger partial charge in [0, 0.05) is 45.3 Å². The Kier molecular flexibility index (Phi) is 3.89. The molecule has 3 fully saturated rings. The van der Waals surface area contributed by atoms with Crippen molar-refractivity contribution in [2.75, 3.05) is 52.9 Å². The van der Waals surface area contributed by atoms with Crippen molar-refractivity contribution in [3.8, 4) is 0 Å². The molecule has 1 aliphatic carbocycles. The van der Waals surface area contributed by atoms with E-state index in [9.17, 15) is 0 Å².